The van der Waals surface area contributed by atoms with E-state index in [1.165, 1.54) is 17.0 Å². The molecular formula is C27H45N3O5. The van der Waals surface area contributed by atoms with E-state index in [0.29, 0.717) is 18.7 Å². The minimum absolute atomic E-state index is 0.0177. The molecule has 0 aliphatic carbocycles. The van der Waals surface area contributed by atoms with Crippen molar-refractivity contribution in [1.82, 2.24) is 15.5 Å². The van der Waals surface area contributed by atoms with Crippen molar-refractivity contribution in [2.45, 2.75) is 104 Å². The number of hydrogen-bond acceptors (Lipinski definition) is 5. The number of nitrogens with zero attached hydrogens (tertiary/aromatic N) is 1. The zero-order valence-corrected chi connectivity index (χ0v) is 22.4. The van der Waals surface area contributed by atoms with Crippen LogP contribution in [0.1, 0.15) is 98.1 Å². The molecule has 198 valence electrons. The predicted molar refractivity (Wildman–Crippen MR) is 138 cm³/mol. The molecule has 8 nitrogen and oxygen atoms in total. The largest absolute Gasteiger partial charge is 0.508 e. The predicted octanol–water partition coefficient (Wildman–Crippen LogP) is 5.06. The van der Waals surface area contributed by atoms with E-state index >= 15 is 0 Å². The Balaban J connectivity index is 3.23. The number of rotatable bonds is 14. The van der Waals surface area contributed by atoms with Gasteiger partial charge in [-0.15, -0.1) is 0 Å². The summed E-state index contributed by atoms with van der Waals surface area (Å²) in [5.74, 6) is -0.676. The van der Waals surface area contributed by atoms with Crippen molar-refractivity contribution in [2.75, 3.05) is 13.1 Å². The summed E-state index contributed by atoms with van der Waals surface area (Å²) in [7, 11) is 0. The van der Waals surface area contributed by atoms with Gasteiger partial charge in [0, 0.05) is 13.1 Å². The fourth-order valence-electron chi connectivity index (χ4n) is 3.70. The van der Waals surface area contributed by atoms with Gasteiger partial charge in [0.1, 0.15) is 23.4 Å². The van der Waals surface area contributed by atoms with Crippen molar-refractivity contribution in [3.05, 3.63) is 29.8 Å². The Morgan fingerprint density at radius 3 is 2.29 bits per heavy atom. The molecule has 0 saturated carbocycles. The van der Waals surface area contributed by atoms with Crippen molar-refractivity contribution in [2.24, 2.45) is 0 Å². The number of carbonyl (C=O) groups excluding carboxylic acids is 3. The molecule has 0 saturated heterocycles. The van der Waals surface area contributed by atoms with E-state index in [0.717, 1.165) is 44.9 Å². The fraction of sp³-hybridized carbons (Fsp3) is 0.667. The number of benzene rings is 1. The molecule has 1 aromatic carbocycles. The first-order valence-corrected chi connectivity index (χ1v) is 12.9. The topological polar surface area (TPSA) is 108 Å². The first-order valence-electron chi connectivity index (χ1n) is 12.9. The van der Waals surface area contributed by atoms with Crippen molar-refractivity contribution < 1.29 is 24.2 Å². The highest BCUT2D eigenvalue weighted by Gasteiger charge is 2.34. The summed E-state index contributed by atoms with van der Waals surface area (Å²) in [4.78, 5) is 40.8. The van der Waals surface area contributed by atoms with E-state index in [4.69, 9.17) is 4.74 Å². The number of phenols is 1. The second-order valence-electron chi connectivity index (χ2n) is 9.96. The van der Waals surface area contributed by atoms with E-state index in [2.05, 4.69) is 17.6 Å². The highest BCUT2D eigenvalue weighted by molar-refractivity contribution is 5.92. The van der Waals surface area contributed by atoms with Crippen LogP contribution in [0.25, 0.3) is 0 Å². The Labute approximate surface area is 210 Å². The Kier molecular flexibility index (Phi) is 13.2. The van der Waals surface area contributed by atoms with Gasteiger partial charge in [-0.05, 0) is 58.2 Å². The number of alkyl carbamates (subject to hydrolysis) is 1. The molecule has 8 heteroatoms. The standard InChI is InChI=1S/C27H45N3O5/c1-7-9-11-12-13-18-30(25(33)20(3)29-26(34)35-27(4,5)6)23(24(32)28-17-10-8-2)21-15-14-16-22(31)19-21/h14-16,19-20,23,31H,7-13,17-18H2,1-6H3,(H,28,32)(H,29,34). The fourth-order valence-corrected chi connectivity index (χ4v) is 3.70. The maximum Gasteiger partial charge on any atom is 0.408 e. The number of unbranched alkanes of at least 4 members (excludes halogenated alkanes) is 5. The van der Waals surface area contributed by atoms with Crippen LogP contribution in [0.5, 0.6) is 5.75 Å². The van der Waals surface area contributed by atoms with Crippen molar-refractivity contribution in [1.29, 1.82) is 0 Å². The normalized spacial score (nSPS) is 13.0. The third kappa shape index (κ3) is 11.5. The van der Waals surface area contributed by atoms with E-state index in [1.807, 2.05) is 6.92 Å². The second-order valence-corrected chi connectivity index (χ2v) is 9.96. The minimum atomic E-state index is -0.930. The molecule has 35 heavy (non-hydrogen) atoms. The molecule has 1 rings (SSSR count). The molecule has 0 bridgehead atoms. The maximum atomic E-state index is 13.6. The highest BCUT2D eigenvalue weighted by atomic mass is 16.6. The van der Waals surface area contributed by atoms with Gasteiger partial charge >= 0.3 is 6.09 Å². The lowest BCUT2D eigenvalue weighted by molar-refractivity contribution is -0.142. The summed E-state index contributed by atoms with van der Waals surface area (Å²) in [6.07, 6.45) is 5.96. The van der Waals surface area contributed by atoms with Crippen LogP contribution < -0.4 is 10.6 Å². The summed E-state index contributed by atoms with van der Waals surface area (Å²) in [6.45, 7) is 11.9. The zero-order valence-electron chi connectivity index (χ0n) is 22.4. The summed E-state index contributed by atoms with van der Waals surface area (Å²) in [5, 5.41) is 15.6. The van der Waals surface area contributed by atoms with Crippen LogP contribution in [0.2, 0.25) is 0 Å². The lowest BCUT2D eigenvalue weighted by atomic mass is 10.0. The number of nitrogens with one attached hydrogen (secondary N) is 2. The molecule has 0 spiro atoms. The first kappa shape index (κ1) is 30.3. The number of carbonyl (C=O) groups is 3. The summed E-state index contributed by atoms with van der Waals surface area (Å²) in [5.41, 5.74) is -0.180. The molecule has 0 aromatic heterocycles. The van der Waals surface area contributed by atoms with E-state index in [1.54, 1.807) is 39.8 Å². The Hall–Kier alpha value is -2.77. The molecule has 3 amide bonds. The average molecular weight is 492 g/mol. The molecule has 1 aromatic rings. The number of amides is 3. The molecule has 3 N–H and O–H groups in total. The van der Waals surface area contributed by atoms with Gasteiger partial charge < -0.3 is 25.4 Å². The lowest BCUT2D eigenvalue weighted by Gasteiger charge is -2.34. The smallest absolute Gasteiger partial charge is 0.408 e. The monoisotopic (exact) mass is 491 g/mol. The van der Waals surface area contributed by atoms with Gasteiger partial charge in [-0.25, -0.2) is 4.79 Å². The third-order valence-electron chi connectivity index (χ3n) is 5.46. The van der Waals surface area contributed by atoms with Gasteiger partial charge in [-0.3, -0.25) is 9.59 Å². The van der Waals surface area contributed by atoms with Crippen LogP contribution >= 0.6 is 0 Å². The van der Waals surface area contributed by atoms with Gasteiger partial charge in [0.25, 0.3) is 0 Å². The van der Waals surface area contributed by atoms with E-state index in [-0.39, 0.29) is 17.6 Å². The van der Waals surface area contributed by atoms with Crippen LogP contribution in [0.15, 0.2) is 24.3 Å². The van der Waals surface area contributed by atoms with Gasteiger partial charge in [-0.2, -0.15) is 0 Å². The number of hydrogen-bond donors (Lipinski definition) is 3. The number of aromatic hydroxyl groups is 1. The molecular weight excluding hydrogens is 446 g/mol. The molecule has 2 unspecified atom stereocenters. The van der Waals surface area contributed by atoms with Crippen LogP contribution in [0.4, 0.5) is 4.79 Å². The second kappa shape index (κ2) is 15.3. The summed E-state index contributed by atoms with van der Waals surface area (Å²) in [6, 6.07) is 4.59. The van der Waals surface area contributed by atoms with Crippen LogP contribution in [0.3, 0.4) is 0 Å². The Morgan fingerprint density at radius 2 is 1.69 bits per heavy atom. The molecule has 0 aliphatic rings. The van der Waals surface area contributed by atoms with Gasteiger partial charge in [0.2, 0.25) is 11.8 Å². The highest BCUT2D eigenvalue weighted by Crippen LogP contribution is 2.26. The average Bonchev–Trinajstić information content (AvgIpc) is 2.76. The van der Waals surface area contributed by atoms with Crippen LogP contribution in [-0.4, -0.2) is 52.6 Å². The number of phenolic OH excluding ortho intramolecular Hbond substituents is 1. The number of ether oxygens (including phenoxy) is 1. The van der Waals surface area contributed by atoms with Crippen molar-refractivity contribution in [3.8, 4) is 5.75 Å². The van der Waals surface area contributed by atoms with Crippen molar-refractivity contribution >= 4 is 17.9 Å². The van der Waals surface area contributed by atoms with Crippen LogP contribution in [0, 0.1) is 0 Å². The van der Waals surface area contributed by atoms with Gasteiger partial charge in [-0.1, -0.05) is 58.1 Å². The summed E-state index contributed by atoms with van der Waals surface area (Å²) >= 11 is 0. The summed E-state index contributed by atoms with van der Waals surface area (Å²) < 4.78 is 5.30. The maximum absolute atomic E-state index is 13.6. The van der Waals surface area contributed by atoms with Gasteiger partial charge in [0.15, 0.2) is 0 Å². The lowest BCUT2D eigenvalue weighted by Crippen LogP contribution is -2.52. The molecule has 0 fully saturated rings. The quantitative estimate of drug-likeness (QED) is 0.315. The SMILES string of the molecule is CCCCCCCN(C(=O)C(C)NC(=O)OC(C)(C)C)C(C(=O)NCCCC)c1cccc(O)c1. The van der Waals surface area contributed by atoms with E-state index in [9.17, 15) is 19.5 Å². The Morgan fingerprint density at radius 1 is 1.03 bits per heavy atom. The molecule has 2 atom stereocenters. The van der Waals surface area contributed by atoms with Crippen LogP contribution in [-0.2, 0) is 14.3 Å². The Bertz CT molecular complexity index is 806. The molecule has 0 radical (unpaired) electrons. The molecule has 0 aliphatic heterocycles. The third-order valence-corrected chi connectivity index (χ3v) is 5.46. The van der Waals surface area contributed by atoms with E-state index < -0.39 is 23.8 Å². The van der Waals surface area contributed by atoms with Crippen molar-refractivity contribution in [3.63, 3.8) is 0 Å². The molecule has 0 heterocycles. The minimum Gasteiger partial charge on any atom is -0.508 e. The van der Waals surface area contributed by atoms with Gasteiger partial charge in [0.05, 0.1) is 0 Å². The zero-order chi connectivity index (χ0) is 26.4. The first-order chi connectivity index (χ1) is 16.5.